The van der Waals surface area contributed by atoms with Crippen LogP contribution in [0.3, 0.4) is 0 Å². The number of carbonyl (C=O) groups is 1. The highest BCUT2D eigenvalue weighted by Gasteiger charge is 2.15. The monoisotopic (exact) mass is 369 g/mol. The highest BCUT2D eigenvalue weighted by Crippen LogP contribution is 2.22. The Bertz CT molecular complexity index is 806. The lowest BCUT2D eigenvalue weighted by Gasteiger charge is -2.11. The second-order valence-electron chi connectivity index (χ2n) is 4.30. The third kappa shape index (κ3) is 3.66. The summed E-state index contributed by atoms with van der Waals surface area (Å²) < 4.78 is 23.4. The highest BCUT2D eigenvalue weighted by atomic mass is 79.9. The zero-order valence-electron chi connectivity index (χ0n) is 11.0. The van der Waals surface area contributed by atoms with Crippen LogP contribution in [0.25, 0.3) is 0 Å². The first kappa shape index (κ1) is 15.6. The van der Waals surface area contributed by atoms with Crippen molar-refractivity contribution in [2.75, 3.05) is 5.32 Å². The molecular weight excluding hydrogens is 358 g/mol. The van der Waals surface area contributed by atoms with Crippen molar-refractivity contribution in [3.63, 3.8) is 0 Å². The average molecular weight is 370 g/mol. The lowest BCUT2D eigenvalue weighted by molar-refractivity contribution is 0.102. The molecule has 0 atom stereocenters. The number of carbonyl (C=O) groups excluding carboxylic acids is 1. The average Bonchev–Trinajstić information content (AvgIpc) is 2.39. The summed E-state index contributed by atoms with van der Waals surface area (Å²) in [5.41, 5.74) is 1.18. The third-order valence-corrected chi connectivity index (χ3v) is 4.32. The number of aromatic nitrogens is 1. The Balaban J connectivity index is 2.35. The van der Waals surface area contributed by atoms with Gasteiger partial charge in [0.1, 0.15) is 4.60 Å². The summed E-state index contributed by atoms with van der Waals surface area (Å²) in [4.78, 5) is 16.1. The van der Waals surface area contributed by atoms with Gasteiger partial charge in [0.2, 0.25) is 10.0 Å². The number of nitrogens with zero attached hydrogens (tertiary/aromatic N) is 1. The van der Waals surface area contributed by atoms with Crippen molar-refractivity contribution in [3.05, 3.63) is 52.3 Å². The van der Waals surface area contributed by atoms with E-state index in [1.807, 2.05) is 0 Å². The number of rotatable bonds is 3. The van der Waals surface area contributed by atoms with Crippen LogP contribution in [-0.2, 0) is 10.0 Å². The van der Waals surface area contributed by atoms with Gasteiger partial charge in [-0.25, -0.2) is 18.5 Å². The topological polar surface area (TPSA) is 102 Å². The van der Waals surface area contributed by atoms with E-state index < -0.39 is 10.0 Å². The van der Waals surface area contributed by atoms with E-state index in [-0.39, 0.29) is 10.8 Å². The molecule has 6 nitrogen and oxygen atoms in total. The Kier molecular flexibility index (Phi) is 4.40. The molecule has 0 aliphatic heterocycles. The summed E-state index contributed by atoms with van der Waals surface area (Å²) in [6.07, 6.45) is 1.49. The molecule has 1 aromatic heterocycles. The first-order valence-electron chi connectivity index (χ1n) is 5.84. The van der Waals surface area contributed by atoms with Crippen LogP contribution in [0.1, 0.15) is 15.9 Å². The van der Waals surface area contributed by atoms with Crippen molar-refractivity contribution in [1.29, 1.82) is 0 Å². The molecule has 1 amide bonds. The number of hydrogen-bond acceptors (Lipinski definition) is 4. The van der Waals surface area contributed by atoms with E-state index >= 15 is 0 Å². The van der Waals surface area contributed by atoms with Crippen LogP contribution < -0.4 is 10.5 Å². The number of amides is 1. The van der Waals surface area contributed by atoms with Crippen LogP contribution in [0.2, 0.25) is 0 Å². The number of hydrogen-bond donors (Lipinski definition) is 2. The number of nitrogens with two attached hydrogens (primary N) is 1. The lowest BCUT2D eigenvalue weighted by Crippen LogP contribution is -2.17. The minimum Gasteiger partial charge on any atom is -0.322 e. The second kappa shape index (κ2) is 5.92. The maximum absolute atomic E-state index is 12.1. The maximum Gasteiger partial charge on any atom is 0.255 e. The molecule has 2 aromatic rings. The lowest BCUT2D eigenvalue weighted by atomic mass is 10.2. The SMILES string of the molecule is Cc1c(NC(=O)c2ccnc(Br)c2)cccc1S(N)(=O)=O. The summed E-state index contributed by atoms with van der Waals surface area (Å²) >= 11 is 3.18. The summed E-state index contributed by atoms with van der Waals surface area (Å²) in [7, 11) is -3.83. The highest BCUT2D eigenvalue weighted by molar-refractivity contribution is 9.10. The molecular formula is C13H12BrN3O3S. The maximum atomic E-state index is 12.1. The molecule has 110 valence electrons. The standard InChI is InChI=1S/C13H12BrN3O3S/c1-8-10(3-2-4-11(8)21(15,19)20)17-13(18)9-5-6-16-12(14)7-9/h2-7H,1H3,(H,17,18)(H2,15,19,20). The predicted molar refractivity (Wildman–Crippen MR) is 82.4 cm³/mol. The van der Waals surface area contributed by atoms with Crippen molar-refractivity contribution < 1.29 is 13.2 Å². The Morgan fingerprint density at radius 1 is 1.33 bits per heavy atom. The fraction of sp³-hybridized carbons (Fsp3) is 0.0769. The van der Waals surface area contributed by atoms with Gasteiger partial charge in [0.05, 0.1) is 4.90 Å². The fourth-order valence-corrected chi connectivity index (χ4v) is 2.97. The van der Waals surface area contributed by atoms with Crippen LogP contribution in [0.5, 0.6) is 0 Å². The number of nitrogens with one attached hydrogen (secondary N) is 1. The molecule has 0 unspecified atom stereocenters. The van der Waals surface area contributed by atoms with Crippen LogP contribution in [-0.4, -0.2) is 19.3 Å². The Morgan fingerprint density at radius 2 is 2.05 bits per heavy atom. The van der Waals surface area contributed by atoms with Crippen molar-refractivity contribution >= 4 is 37.5 Å². The van der Waals surface area contributed by atoms with Gasteiger partial charge in [0, 0.05) is 17.4 Å². The van der Waals surface area contributed by atoms with Gasteiger partial charge in [0.25, 0.3) is 5.91 Å². The van der Waals surface area contributed by atoms with Crippen molar-refractivity contribution in [1.82, 2.24) is 4.98 Å². The summed E-state index contributed by atoms with van der Waals surface area (Å²) in [5, 5.41) is 7.79. The van der Waals surface area contributed by atoms with Gasteiger partial charge >= 0.3 is 0 Å². The van der Waals surface area contributed by atoms with E-state index in [9.17, 15) is 13.2 Å². The number of primary sulfonamides is 1. The zero-order chi connectivity index (χ0) is 15.6. The molecule has 0 bridgehead atoms. The minimum atomic E-state index is -3.83. The molecule has 0 aliphatic rings. The molecule has 0 radical (unpaired) electrons. The van der Waals surface area contributed by atoms with Gasteiger partial charge in [0.15, 0.2) is 0 Å². The molecule has 0 saturated heterocycles. The van der Waals surface area contributed by atoms with Gasteiger partial charge < -0.3 is 5.32 Å². The first-order chi connectivity index (χ1) is 9.79. The van der Waals surface area contributed by atoms with Crippen LogP contribution in [0.4, 0.5) is 5.69 Å². The fourth-order valence-electron chi connectivity index (χ4n) is 1.80. The second-order valence-corrected chi connectivity index (χ2v) is 6.64. The zero-order valence-corrected chi connectivity index (χ0v) is 13.4. The minimum absolute atomic E-state index is 0.0174. The number of pyridine rings is 1. The van der Waals surface area contributed by atoms with Gasteiger partial charge in [-0.05, 0) is 52.7 Å². The molecule has 0 saturated carbocycles. The smallest absolute Gasteiger partial charge is 0.255 e. The van der Waals surface area contributed by atoms with E-state index in [1.165, 1.54) is 18.3 Å². The van der Waals surface area contributed by atoms with Crippen molar-refractivity contribution in [3.8, 4) is 0 Å². The Hall–Kier alpha value is -1.77. The number of sulfonamides is 1. The summed E-state index contributed by atoms with van der Waals surface area (Å²) in [6.45, 7) is 1.58. The quantitative estimate of drug-likeness (QED) is 0.808. The van der Waals surface area contributed by atoms with Crippen LogP contribution in [0, 0.1) is 6.92 Å². The van der Waals surface area contributed by atoms with E-state index in [4.69, 9.17) is 5.14 Å². The molecule has 0 aliphatic carbocycles. The number of anilines is 1. The van der Waals surface area contributed by atoms with E-state index in [2.05, 4.69) is 26.2 Å². The summed E-state index contributed by atoms with van der Waals surface area (Å²) in [5.74, 6) is -0.368. The van der Waals surface area contributed by atoms with Crippen molar-refractivity contribution in [2.24, 2.45) is 5.14 Å². The van der Waals surface area contributed by atoms with Crippen LogP contribution >= 0.6 is 15.9 Å². The number of benzene rings is 1. The molecule has 0 fully saturated rings. The largest absolute Gasteiger partial charge is 0.322 e. The molecule has 8 heteroatoms. The van der Waals surface area contributed by atoms with Gasteiger partial charge in [-0.1, -0.05) is 6.07 Å². The van der Waals surface area contributed by atoms with E-state index in [1.54, 1.807) is 25.1 Å². The molecule has 0 spiro atoms. The molecule has 21 heavy (non-hydrogen) atoms. The molecule has 3 N–H and O–H groups in total. The van der Waals surface area contributed by atoms with E-state index in [0.717, 1.165) is 0 Å². The molecule has 2 rings (SSSR count). The molecule has 1 aromatic carbocycles. The normalized spacial score (nSPS) is 11.2. The van der Waals surface area contributed by atoms with Gasteiger partial charge in [-0.2, -0.15) is 0 Å². The predicted octanol–water partition coefficient (Wildman–Crippen LogP) is 2.05. The van der Waals surface area contributed by atoms with Gasteiger partial charge in [-0.15, -0.1) is 0 Å². The Morgan fingerprint density at radius 3 is 2.67 bits per heavy atom. The van der Waals surface area contributed by atoms with Crippen LogP contribution in [0.15, 0.2) is 46.0 Å². The van der Waals surface area contributed by atoms with Crippen molar-refractivity contribution in [2.45, 2.75) is 11.8 Å². The van der Waals surface area contributed by atoms with E-state index in [0.29, 0.717) is 21.4 Å². The third-order valence-electron chi connectivity index (χ3n) is 2.83. The summed E-state index contributed by atoms with van der Waals surface area (Å²) in [6, 6.07) is 7.64. The molecule has 1 heterocycles. The Labute approximate surface area is 130 Å². The number of halogens is 1. The van der Waals surface area contributed by atoms with Gasteiger partial charge in [-0.3, -0.25) is 4.79 Å². The first-order valence-corrected chi connectivity index (χ1v) is 8.18.